The minimum Gasteiger partial charge on any atom is -0.494 e. The summed E-state index contributed by atoms with van der Waals surface area (Å²) in [5.74, 6) is 0.465. The van der Waals surface area contributed by atoms with E-state index in [0.29, 0.717) is 23.8 Å². The molecule has 0 spiro atoms. The van der Waals surface area contributed by atoms with Crippen molar-refractivity contribution in [3.05, 3.63) is 78.1 Å². The molecule has 10 heteroatoms. The Morgan fingerprint density at radius 2 is 1.86 bits per heavy atom. The Morgan fingerprint density at radius 1 is 1.08 bits per heavy atom. The minimum atomic E-state index is -3.62. The molecule has 37 heavy (non-hydrogen) atoms. The van der Waals surface area contributed by atoms with Gasteiger partial charge >= 0.3 is 0 Å². The van der Waals surface area contributed by atoms with E-state index < -0.39 is 10.0 Å². The van der Waals surface area contributed by atoms with Crippen LogP contribution in [0.3, 0.4) is 0 Å². The number of fused-ring (bicyclic) bond motifs is 1. The molecule has 0 N–H and O–H groups in total. The van der Waals surface area contributed by atoms with Crippen LogP contribution in [0.1, 0.15) is 42.6 Å². The zero-order valence-electron chi connectivity index (χ0n) is 21.1. The summed E-state index contributed by atoms with van der Waals surface area (Å²) in [6, 6.07) is 15.5. The van der Waals surface area contributed by atoms with Gasteiger partial charge in [0.1, 0.15) is 5.75 Å². The van der Waals surface area contributed by atoms with Gasteiger partial charge in [0.15, 0.2) is 5.13 Å². The van der Waals surface area contributed by atoms with Crippen molar-refractivity contribution in [3.63, 3.8) is 0 Å². The van der Waals surface area contributed by atoms with Crippen LogP contribution >= 0.6 is 11.3 Å². The molecule has 0 aliphatic heterocycles. The van der Waals surface area contributed by atoms with E-state index in [1.807, 2.05) is 44.2 Å². The fourth-order valence-corrected chi connectivity index (χ4v) is 5.97. The molecule has 0 saturated heterocycles. The molecule has 0 radical (unpaired) electrons. The molecule has 2 heterocycles. The SMILES string of the molecule is CCCCN(C)S(=O)(=O)c1ccc(C(=O)N(Cc2cccnc2)c2nc3ccc(OCC)cc3s2)cc1. The minimum absolute atomic E-state index is 0.157. The first-order chi connectivity index (χ1) is 17.8. The molecule has 0 fully saturated rings. The van der Waals surface area contributed by atoms with Crippen LogP contribution < -0.4 is 9.64 Å². The van der Waals surface area contributed by atoms with Crippen molar-refractivity contribution in [1.82, 2.24) is 14.3 Å². The van der Waals surface area contributed by atoms with Gasteiger partial charge in [0, 0.05) is 31.5 Å². The first-order valence-electron chi connectivity index (χ1n) is 12.1. The number of carbonyl (C=O) groups is 1. The van der Waals surface area contributed by atoms with Gasteiger partial charge in [0.2, 0.25) is 10.0 Å². The number of anilines is 1. The van der Waals surface area contributed by atoms with Gasteiger partial charge in [-0.05, 0) is 67.4 Å². The number of nitrogens with zero attached hydrogens (tertiary/aromatic N) is 4. The number of benzene rings is 2. The average Bonchev–Trinajstić information content (AvgIpc) is 3.34. The summed E-state index contributed by atoms with van der Waals surface area (Å²) in [6.07, 6.45) is 5.07. The van der Waals surface area contributed by atoms with E-state index in [9.17, 15) is 13.2 Å². The molecule has 1 amide bonds. The third-order valence-corrected chi connectivity index (χ3v) is 8.75. The second kappa shape index (κ2) is 11.8. The molecule has 4 rings (SSSR count). The molecule has 0 atom stereocenters. The topological polar surface area (TPSA) is 92.7 Å². The molecule has 0 aliphatic carbocycles. The van der Waals surface area contributed by atoms with Crippen LogP contribution in [0.5, 0.6) is 5.75 Å². The Kier molecular flexibility index (Phi) is 8.52. The van der Waals surface area contributed by atoms with Crippen molar-refractivity contribution in [2.24, 2.45) is 0 Å². The molecule has 0 saturated carbocycles. The zero-order valence-corrected chi connectivity index (χ0v) is 22.8. The number of unbranched alkanes of at least 4 members (excludes halogenated alkanes) is 1. The second-order valence-corrected chi connectivity index (χ2v) is 11.6. The van der Waals surface area contributed by atoms with Gasteiger partial charge in [-0.2, -0.15) is 0 Å². The van der Waals surface area contributed by atoms with Gasteiger partial charge in [-0.15, -0.1) is 0 Å². The first kappa shape index (κ1) is 26.7. The molecule has 4 aromatic rings. The number of rotatable bonds is 11. The Bertz CT molecular complexity index is 1460. The molecule has 194 valence electrons. The van der Waals surface area contributed by atoms with E-state index in [4.69, 9.17) is 9.72 Å². The van der Waals surface area contributed by atoms with Crippen molar-refractivity contribution in [3.8, 4) is 5.75 Å². The number of aromatic nitrogens is 2. The summed E-state index contributed by atoms with van der Waals surface area (Å²) < 4.78 is 33.7. The van der Waals surface area contributed by atoms with Crippen LogP contribution in [-0.4, -0.2) is 48.8 Å². The van der Waals surface area contributed by atoms with Gasteiger partial charge < -0.3 is 4.74 Å². The van der Waals surface area contributed by atoms with Gasteiger partial charge in [-0.3, -0.25) is 14.7 Å². The Morgan fingerprint density at radius 3 is 2.54 bits per heavy atom. The first-order valence-corrected chi connectivity index (χ1v) is 14.4. The largest absolute Gasteiger partial charge is 0.494 e. The highest BCUT2D eigenvalue weighted by Gasteiger charge is 2.24. The second-order valence-electron chi connectivity index (χ2n) is 8.52. The third-order valence-electron chi connectivity index (χ3n) is 5.84. The average molecular weight is 539 g/mol. The van der Waals surface area contributed by atoms with Crippen LogP contribution in [0.2, 0.25) is 0 Å². The van der Waals surface area contributed by atoms with Crippen molar-refractivity contribution in [2.75, 3.05) is 25.1 Å². The van der Waals surface area contributed by atoms with Gasteiger partial charge in [0.05, 0.1) is 28.3 Å². The van der Waals surface area contributed by atoms with Crippen LogP contribution in [-0.2, 0) is 16.6 Å². The Balaban J connectivity index is 1.66. The molecule has 0 bridgehead atoms. The van der Waals surface area contributed by atoms with E-state index in [2.05, 4.69) is 4.98 Å². The summed E-state index contributed by atoms with van der Waals surface area (Å²) >= 11 is 1.40. The maximum absolute atomic E-state index is 13.7. The number of sulfonamides is 1. The maximum Gasteiger partial charge on any atom is 0.260 e. The number of thiazole rings is 1. The van der Waals surface area contributed by atoms with E-state index in [-0.39, 0.29) is 17.3 Å². The van der Waals surface area contributed by atoms with Crippen molar-refractivity contribution < 1.29 is 17.9 Å². The quantitative estimate of drug-likeness (QED) is 0.255. The number of amides is 1. The highest BCUT2D eigenvalue weighted by molar-refractivity contribution is 7.89. The van der Waals surface area contributed by atoms with E-state index in [0.717, 1.165) is 34.4 Å². The number of ether oxygens (including phenoxy) is 1. The Hall–Kier alpha value is -3.34. The third kappa shape index (κ3) is 6.15. The van der Waals surface area contributed by atoms with Crippen LogP contribution in [0, 0.1) is 0 Å². The lowest BCUT2D eigenvalue weighted by Crippen LogP contribution is -2.30. The highest BCUT2D eigenvalue weighted by atomic mass is 32.2. The Labute approximate surface area is 221 Å². The monoisotopic (exact) mass is 538 g/mol. The highest BCUT2D eigenvalue weighted by Crippen LogP contribution is 2.33. The van der Waals surface area contributed by atoms with Crippen LogP contribution in [0.15, 0.2) is 71.9 Å². The van der Waals surface area contributed by atoms with Gasteiger partial charge in [-0.1, -0.05) is 30.7 Å². The van der Waals surface area contributed by atoms with Crippen molar-refractivity contribution in [2.45, 2.75) is 38.1 Å². The molecule has 0 unspecified atom stereocenters. The number of hydrogen-bond acceptors (Lipinski definition) is 7. The van der Waals surface area contributed by atoms with Crippen molar-refractivity contribution >= 4 is 42.6 Å². The number of pyridine rings is 1. The fraction of sp³-hybridized carbons (Fsp3) is 0.296. The van der Waals surface area contributed by atoms with Crippen LogP contribution in [0.25, 0.3) is 10.2 Å². The predicted octanol–water partition coefficient (Wildman–Crippen LogP) is 5.36. The zero-order chi connectivity index (χ0) is 26.4. The molecule has 8 nitrogen and oxygen atoms in total. The maximum atomic E-state index is 13.7. The summed E-state index contributed by atoms with van der Waals surface area (Å²) in [6.45, 7) is 5.21. The summed E-state index contributed by atoms with van der Waals surface area (Å²) in [4.78, 5) is 24.4. The summed E-state index contributed by atoms with van der Waals surface area (Å²) in [5.41, 5.74) is 1.99. The smallest absolute Gasteiger partial charge is 0.260 e. The van der Waals surface area contributed by atoms with Crippen LogP contribution in [0.4, 0.5) is 5.13 Å². The fourth-order valence-electron chi connectivity index (χ4n) is 3.77. The van der Waals surface area contributed by atoms with E-state index in [1.54, 1.807) is 36.5 Å². The van der Waals surface area contributed by atoms with E-state index >= 15 is 0 Å². The standard InChI is InChI=1S/C27H30N4O4S2/c1-4-6-16-30(3)37(33,34)23-12-9-21(10-13-23)26(32)31(19-20-8-7-15-28-18-20)27-29-24-14-11-22(35-5-2)17-25(24)36-27/h7-15,17-18H,4-6,16,19H2,1-3H3. The number of carbonyl (C=O) groups excluding carboxylic acids is 1. The molecule has 2 aromatic carbocycles. The lowest BCUT2D eigenvalue weighted by molar-refractivity contribution is 0.0985. The molecule has 0 aliphatic rings. The lowest BCUT2D eigenvalue weighted by Gasteiger charge is -2.20. The normalized spacial score (nSPS) is 11.7. The lowest BCUT2D eigenvalue weighted by atomic mass is 10.2. The van der Waals surface area contributed by atoms with Gasteiger partial charge in [-0.25, -0.2) is 17.7 Å². The summed E-state index contributed by atoms with van der Waals surface area (Å²) in [7, 11) is -2.05. The summed E-state index contributed by atoms with van der Waals surface area (Å²) in [5, 5.41) is 0.536. The predicted molar refractivity (Wildman–Crippen MR) is 147 cm³/mol. The van der Waals surface area contributed by atoms with E-state index in [1.165, 1.54) is 27.8 Å². The molecular formula is C27H30N4O4S2. The van der Waals surface area contributed by atoms with Crippen molar-refractivity contribution in [1.29, 1.82) is 0 Å². The van der Waals surface area contributed by atoms with Gasteiger partial charge in [0.25, 0.3) is 5.91 Å². The molecular weight excluding hydrogens is 508 g/mol. The number of hydrogen-bond donors (Lipinski definition) is 0. The molecule has 2 aromatic heterocycles.